The molecule has 15 heavy (non-hydrogen) atoms. The van der Waals surface area contributed by atoms with Gasteiger partial charge in [0.15, 0.2) is 6.10 Å². The van der Waals surface area contributed by atoms with Gasteiger partial charge >= 0.3 is 11.9 Å². The summed E-state index contributed by atoms with van der Waals surface area (Å²) in [6, 6.07) is 0. The van der Waals surface area contributed by atoms with E-state index in [1.807, 2.05) is 0 Å². The van der Waals surface area contributed by atoms with Crippen LogP contribution in [0.2, 0.25) is 0 Å². The molecule has 5 heteroatoms. The SMILES string of the molecule is COC(=O)[C@@H](O)[C@@H](C)OC(=O)C(C)(C)C. The van der Waals surface area contributed by atoms with Gasteiger partial charge < -0.3 is 14.6 Å². The van der Waals surface area contributed by atoms with Crippen LogP contribution in [-0.2, 0) is 19.1 Å². The Morgan fingerprint density at radius 3 is 2.07 bits per heavy atom. The number of aliphatic hydroxyl groups excluding tert-OH is 1. The Hall–Kier alpha value is -1.10. The first-order valence-corrected chi connectivity index (χ1v) is 4.67. The smallest absolute Gasteiger partial charge is 0.338 e. The largest absolute Gasteiger partial charge is 0.467 e. The van der Waals surface area contributed by atoms with E-state index in [1.165, 1.54) is 6.92 Å². The van der Waals surface area contributed by atoms with Crippen molar-refractivity contribution in [3.63, 3.8) is 0 Å². The number of ether oxygens (including phenoxy) is 2. The Labute approximate surface area is 89.4 Å². The van der Waals surface area contributed by atoms with Gasteiger partial charge in [0.25, 0.3) is 0 Å². The summed E-state index contributed by atoms with van der Waals surface area (Å²) in [6.07, 6.45) is -2.36. The molecule has 0 unspecified atom stereocenters. The molecule has 0 aliphatic rings. The third kappa shape index (κ3) is 4.29. The lowest BCUT2D eigenvalue weighted by Crippen LogP contribution is -2.38. The maximum absolute atomic E-state index is 11.4. The van der Waals surface area contributed by atoms with E-state index in [4.69, 9.17) is 4.74 Å². The van der Waals surface area contributed by atoms with E-state index in [2.05, 4.69) is 4.74 Å². The number of hydrogen-bond acceptors (Lipinski definition) is 5. The van der Waals surface area contributed by atoms with Crippen molar-refractivity contribution in [1.82, 2.24) is 0 Å². The fourth-order valence-electron chi connectivity index (χ4n) is 0.722. The van der Waals surface area contributed by atoms with E-state index in [9.17, 15) is 14.7 Å². The Morgan fingerprint density at radius 2 is 1.73 bits per heavy atom. The number of hydrogen-bond donors (Lipinski definition) is 1. The summed E-state index contributed by atoms with van der Waals surface area (Å²) >= 11 is 0. The molecule has 0 radical (unpaired) electrons. The molecule has 0 aromatic rings. The molecule has 0 saturated heterocycles. The van der Waals surface area contributed by atoms with Crippen molar-refractivity contribution >= 4 is 11.9 Å². The summed E-state index contributed by atoms with van der Waals surface area (Å²) < 4.78 is 9.23. The topological polar surface area (TPSA) is 72.8 Å². The Kier molecular flexibility index (Phi) is 4.74. The zero-order chi connectivity index (χ0) is 12.2. The quantitative estimate of drug-likeness (QED) is 0.698. The second-order valence-corrected chi connectivity index (χ2v) is 4.33. The maximum Gasteiger partial charge on any atom is 0.338 e. The van der Waals surface area contributed by atoms with Crippen LogP contribution in [0.3, 0.4) is 0 Å². The van der Waals surface area contributed by atoms with Gasteiger partial charge in [-0.05, 0) is 27.7 Å². The van der Waals surface area contributed by atoms with Crippen LogP contribution in [0, 0.1) is 5.41 Å². The number of esters is 2. The van der Waals surface area contributed by atoms with Crippen molar-refractivity contribution in [3.05, 3.63) is 0 Å². The lowest BCUT2D eigenvalue weighted by Gasteiger charge is -2.22. The second kappa shape index (κ2) is 5.11. The summed E-state index contributed by atoms with van der Waals surface area (Å²) in [7, 11) is 1.16. The van der Waals surface area contributed by atoms with E-state index < -0.39 is 29.6 Å². The van der Waals surface area contributed by atoms with Gasteiger partial charge in [0.05, 0.1) is 12.5 Å². The van der Waals surface area contributed by atoms with E-state index in [1.54, 1.807) is 20.8 Å². The van der Waals surface area contributed by atoms with Crippen molar-refractivity contribution in [2.75, 3.05) is 7.11 Å². The minimum Gasteiger partial charge on any atom is -0.467 e. The van der Waals surface area contributed by atoms with E-state index >= 15 is 0 Å². The van der Waals surface area contributed by atoms with Crippen LogP contribution >= 0.6 is 0 Å². The Balaban J connectivity index is 4.31. The van der Waals surface area contributed by atoms with E-state index in [-0.39, 0.29) is 0 Å². The number of rotatable bonds is 3. The molecule has 5 nitrogen and oxygen atoms in total. The van der Waals surface area contributed by atoms with Gasteiger partial charge in [-0.2, -0.15) is 0 Å². The predicted molar refractivity (Wildman–Crippen MR) is 53.0 cm³/mol. The third-order valence-corrected chi connectivity index (χ3v) is 1.79. The van der Waals surface area contributed by atoms with Crippen LogP contribution in [0.15, 0.2) is 0 Å². The lowest BCUT2D eigenvalue weighted by atomic mass is 9.97. The molecule has 0 aromatic carbocycles. The average Bonchev–Trinajstić information content (AvgIpc) is 2.13. The van der Waals surface area contributed by atoms with Crippen LogP contribution in [-0.4, -0.2) is 36.4 Å². The van der Waals surface area contributed by atoms with Gasteiger partial charge in [-0.25, -0.2) is 4.79 Å². The fourth-order valence-corrected chi connectivity index (χ4v) is 0.722. The van der Waals surface area contributed by atoms with E-state index in [0.29, 0.717) is 0 Å². The van der Waals surface area contributed by atoms with Crippen molar-refractivity contribution in [1.29, 1.82) is 0 Å². The molecule has 0 heterocycles. The first-order valence-electron chi connectivity index (χ1n) is 4.67. The van der Waals surface area contributed by atoms with Crippen molar-refractivity contribution in [3.8, 4) is 0 Å². The summed E-state index contributed by atoms with van der Waals surface area (Å²) in [5.74, 6) is -1.29. The van der Waals surface area contributed by atoms with Gasteiger partial charge in [0.2, 0.25) is 0 Å². The van der Waals surface area contributed by atoms with Gasteiger partial charge in [-0.3, -0.25) is 4.79 Å². The Bertz CT molecular complexity index is 241. The van der Waals surface area contributed by atoms with Gasteiger partial charge in [-0.15, -0.1) is 0 Å². The summed E-state index contributed by atoms with van der Waals surface area (Å²) in [4.78, 5) is 22.3. The number of carbonyl (C=O) groups is 2. The van der Waals surface area contributed by atoms with Crippen molar-refractivity contribution < 1.29 is 24.2 Å². The molecule has 0 aliphatic carbocycles. The van der Waals surface area contributed by atoms with Crippen LogP contribution in [0.1, 0.15) is 27.7 Å². The first kappa shape index (κ1) is 13.9. The number of carbonyl (C=O) groups excluding carboxylic acids is 2. The molecule has 88 valence electrons. The van der Waals surface area contributed by atoms with Gasteiger partial charge in [-0.1, -0.05) is 0 Å². The maximum atomic E-state index is 11.4. The molecule has 0 fully saturated rings. The van der Waals surface area contributed by atoms with Gasteiger partial charge in [0.1, 0.15) is 6.10 Å². The molecule has 0 aromatic heterocycles. The summed E-state index contributed by atoms with van der Waals surface area (Å²) in [5.41, 5.74) is -0.663. The molecular weight excluding hydrogens is 200 g/mol. The monoisotopic (exact) mass is 218 g/mol. The lowest BCUT2D eigenvalue weighted by molar-refractivity contribution is -0.171. The third-order valence-electron chi connectivity index (χ3n) is 1.79. The molecule has 1 N–H and O–H groups in total. The first-order chi connectivity index (χ1) is 6.70. The highest BCUT2D eigenvalue weighted by Crippen LogP contribution is 2.17. The van der Waals surface area contributed by atoms with Crippen LogP contribution in [0.25, 0.3) is 0 Å². The van der Waals surface area contributed by atoms with Crippen LogP contribution in [0.5, 0.6) is 0 Å². The zero-order valence-electron chi connectivity index (χ0n) is 9.73. The highest BCUT2D eigenvalue weighted by molar-refractivity contribution is 5.78. The fraction of sp³-hybridized carbons (Fsp3) is 0.800. The van der Waals surface area contributed by atoms with Crippen LogP contribution < -0.4 is 0 Å². The number of aliphatic hydroxyl groups is 1. The summed E-state index contributed by atoms with van der Waals surface area (Å²) in [6.45, 7) is 6.50. The Morgan fingerprint density at radius 1 is 1.27 bits per heavy atom. The molecule has 0 bridgehead atoms. The minimum atomic E-state index is -1.44. The average molecular weight is 218 g/mol. The van der Waals surface area contributed by atoms with E-state index in [0.717, 1.165) is 7.11 Å². The van der Waals surface area contributed by atoms with Crippen molar-refractivity contribution in [2.24, 2.45) is 5.41 Å². The van der Waals surface area contributed by atoms with Crippen molar-refractivity contribution in [2.45, 2.75) is 39.9 Å². The minimum absolute atomic E-state index is 0.474. The highest BCUT2D eigenvalue weighted by atomic mass is 16.6. The molecular formula is C10H18O5. The second-order valence-electron chi connectivity index (χ2n) is 4.33. The molecule has 0 rings (SSSR count). The molecule has 0 amide bonds. The zero-order valence-corrected chi connectivity index (χ0v) is 9.73. The number of methoxy groups -OCH3 is 1. The molecule has 0 saturated carbocycles. The standard InChI is InChI=1S/C10H18O5/c1-6(7(11)8(12)14-5)15-9(13)10(2,3)4/h6-7,11H,1-5H3/t6-,7+/m1/s1. The predicted octanol–water partition coefficient (Wildman–Crippen LogP) is 0.498. The normalized spacial score (nSPS) is 15.3. The summed E-state index contributed by atoms with van der Waals surface area (Å²) in [5, 5.41) is 9.35. The van der Waals surface area contributed by atoms with Gasteiger partial charge in [0, 0.05) is 0 Å². The van der Waals surface area contributed by atoms with Crippen LogP contribution in [0.4, 0.5) is 0 Å². The molecule has 0 aliphatic heterocycles. The molecule has 2 atom stereocenters. The highest BCUT2D eigenvalue weighted by Gasteiger charge is 2.30. The molecule has 0 spiro atoms.